The van der Waals surface area contributed by atoms with Gasteiger partial charge in [0.1, 0.15) is 0 Å². The molecule has 148 valence electrons. The van der Waals surface area contributed by atoms with Gasteiger partial charge in [0.15, 0.2) is 0 Å². The quantitative estimate of drug-likeness (QED) is 0.676. The van der Waals surface area contributed by atoms with E-state index in [0.29, 0.717) is 30.1 Å². The Morgan fingerprint density at radius 2 is 1.89 bits per heavy atom. The zero-order valence-corrected chi connectivity index (χ0v) is 17.0. The van der Waals surface area contributed by atoms with E-state index in [9.17, 15) is 13.2 Å². The van der Waals surface area contributed by atoms with E-state index in [1.54, 1.807) is 45.2 Å². The molecule has 1 amide bonds. The van der Waals surface area contributed by atoms with Crippen molar-refractivity contribution in [1.82, 2.24) is 23.9 Å². The maximum atomic E-state index is 12.9. The van der Waals surface area contributed by atoms with Crippen LogP contribution in [0.5, 0.6) is 0 Å². The van der Waals surface area contributed by atoms with Crippen LogP contribution in [-0.2, 0) is 10.0 Å². The van der Waals surface area contributed by atoms with Crippen LogP contribution in [-0.4, -0.2) is 51.3 Å². The predicted octanol–water partition coefficient (Wildman–Crippen LogP) is 2.02. The molecule has 10 heteroatoms. The number of sulfonamides is 1. The van der Waals surface area contributed by atoms with Crippen LogP contribution in [0.15, 0.2) is 35.4 Å². The molecule has 0 saturated carbocycles. The standard InChI is InChI=1S/C18H22N6O3S/c1-5-23(6-2)28(26,27)15-11-14(8-7-12(15)3)20-17(25)16-21-18-19-10-9-13(4)24(18)22-16/h7-11H,5-6H2,1-4H3,(H,20,25). The molecule has 0 radical (unpaired) electrons. The number of carbonyl (C=O) groups is 1. The van der Waals surface area contributed by atoms with E-state index in [1.807, 2.05) is 6.92 Å². The Labute approximate surface area is 163 Å². The van der Waals surface area contributed by atoms with Gasteiger partial charge in [-0.15, -0.1) is 5.10 Å². The second-order valence-corrected chi connectivity index (χ2v) is 8.16. The molecule has 2 heterocycles. The summed E-state index contributed by atoms with van der Waals surface area (Å²) < 4.78 is 28.6. The lowest BCUT2D eigenvalue weighted by Crippen LogP contribution is -2.31. The summed E-state index contributed by atoms with van der Waals surface area (Å²) in [5.41, 5.74) is 1.75. The van der Waals surface area contributed by atoms with Crippen molar-refractivity contribution in [3.63, 3.8) is 0 Å². The molecule has 0 saturated heterocycles. The van der Waals surface area contributed by atoms with Crippen molar-refractivity contribution in [3.8, 4) is 0 Å². The minimum Gasteiger partial charge on any atom is -0.319 e. The van der Waals surface area contributed by atoms with Gasteiger partial charge in [-0.25, -0.2) is 17.9 Å². The number of anilines is 1. The Hall–Kier alpha value is -2.85. The highest BCUT2D eigenvalue weighted by atomic mass is 32.2. The second kappa shape index (κ2) is 7.64. The van der Waals surface area contributed by atoms with E-state index in [2.05, 4.69) is 20.4 Å². The van der Waals surface area contributed by atoms with Crippen molar-refractivity contribution in [3.05, 3.63) is 47.5 Å². The van der Waals surface area contributed by atoms with Crippen LogP contribution in [0.25, 0.3) is 5.78 Å². The molecule has 0 atom stereocenters. The zero-order chi connectivity index (χ0) is 20.5. The number of hydrogen-bond donors (Lipinski definition) is 1. The van der Waals surface area contributed by atoms with E-state index in [4.69, 9.17) is 0 Å². The average molecular weight is 402 g/mol. The Kier molecular flexibility index (Phi) is 5.43. The third-order valence-corrected chi connectivity index (χ3v) is 6.59. The van der Waals surface area contributed by atoms with Crippen LogP contribution in [0, 0.1) is 13.8 Å². The first kappa shape index (κ1) is 19.9. The highest BCUT2D eigenvalue weighted by Gasteiger charge is 2.24. The fraction of sp³-hybridized carbons (Fsp3) is 0.333. The predicted molar refractivity (Wildman–Crippen MR) is 105 cm³/mol. The van der Waals surface area contributed by atoms with Gasteiger partial charge in [-0.3, -0.25) is 4.79 Å². The summed E-state index contributed by atoms with van der Waals surface area (Å²) in [6.07, 6.45) is 1.59. The summed E-state index contributed by atoms with van der Waals surface area (Å²) in [5.74, 6) is -0.269. The smallest absolute Gasteiger partial charge is 0.295 e. The highest BCUT2D eigenvalue weighted by molar-refractivity contribution is 7.89. The van der Waals surface area contributed by atoms with E-state index in [-0.39, 0.29) is 10.7 Å². The number of carbonyl (C=O) groups excluding carboxylic acids is 1. The van der Waals surface area contributed by atoms with Crippen molar-refractivity contribution in [2.24, 2.45) is 0 Å². The molecule has 0 aliphatic carbocycles. The lowest BCUT2D eigenvalue weighted by Gasteiger charge is -2.20. The number of nitrogens with zero attached hydrogens (tertiary/aromatic N) is 5. The first-order chi connectivity index (χ1) is 13.3. The van der Waals surface area contributed by atoms with Gasteiger partial charge >= 0.3 is 0 Å². The first-order valence-corrected chi connectivity index (χ1v) is 10.3. The minimum atomic E-state index is -3.64. The van der Waals surface area contributed by atoms with Crippen LogP contribution < -0.4 is 5.32 Å². The third-order valence-electron chi connectivity index (χ3n) is 4.40. The van der Waals surface area contributed by atoms with Crippen LogP contribution in [0.1, 0.15) is 35.7 Å². The van der Waals surface area contributed by atoms with Crippen molar-refractivity contribution >= 4 is 27.4 Å². The van der Waals surface area contributed by atoms with E-state index in [1.165, 1.54) is 14.9 Å². The number of nitrogens with one attached hydrogen (secondary N) is 1. The molecule has 0 fully saturated rings. The van der Waals surface area contributed by atoms with Gasteiger partial charge in [-0.05, 0) is 37.6 Å². The van der Waals surface area contributed by atoms with E-state index in [0.717, 1.165) is 5.69 Å². The Bertz CT molecular complexity index is 1140. The zero-order valence-electron chi connectivity index (χ0n) is 16.2. The Morgan fingerprint density at radius 1 is 1.18 bits per heavy atom. The summed E-state index contributed by atoms with van der Waals surface area (Å²) in [6.45, 7) is 7.86. The summed E-state index contributed by atoms with van der Waals surface area (Å²) in [7, 11) is -3.64. The van der Waals surface area contributed by atoms with Crippen LogP contribution in [0.2, 0.25) is 0 Å². The fourth-order valence-corrected chi connectivity index (χ4v) is 4.56. The molecular weight excluding hydrogens is 380 g/mol. The monoisotopic (exact) mass is 402 g/mol. The van der Waals surface area contributed by atoms with Crippen molar-refractivity contribution in [1.29, 1.82) is 0 Å². The molecule has 9 nitrogen and oxygen atoms in total. The average Bonchev–Trinajstić information content (AvgIpc) is 3.10. The maximum absolute atomic E-state index is 12.9. The molecule has 2 aromatic heterocycles. The van der Waals surface area contributed by atoms with Gasteiger partial charge in [0.2, 0.25) is 15.8 Å². The molecule has 0 unspecified atom stereocenters. The number of rotatable bonds is 6. The summed E-state index contributed by atoms with van der Waals surface area (Å²) in [5, 5.41) is 6.82. The molecule has 0 aliphatic heterocycles. The van der Waals surface area contributed by atoms with Crippen LogP contribution >= 0.6 is 0 Å². The van der Waals surface area contributed by atoms with Crippen LogP contribution in [0.4, 0.5) is 5.69 Å². The summed E-state index contributed by atoms with van der Waals surface area (Å²) >= 11 is 0. The third kappa shape index (κ3) is 3.60. The van der Waals surface area contributed by atoms with Gasteiger partial charge in [0, 0.05) is 30.7 Å². The summed E-state index contributed by atoms with van der Waals surface area (Å²) in [4.78, 5) is 20.9. The normalized spacial score (nSPS) is 11.9. The number of amides is 1. The molecule has 0 bridgehead atoms. The van der Waals surface area contributed by atoms with Gasteiger partial charge in [-0.1, -0.05) is 19.9 Å². The fourth-order valence-electron chi connectivity index (χ4n) is 2.85. The molecule has 28 heavy (non-hydrogen) atoms. The molecule has 0 spiro atoms. The minimum absolute atomic E-state index is 0.0458. The Morgan fingerprint density at radius 3 is 2.54 bits per heavy atom. The number of benzene rings is 1. The molecule has 3 aromatic rings. The molecule has 0 aliphatic rings. The van der Waals surface area contributed by atoms with Crippen molar-refractivity contribution < 1.29 is 13.2 Å². The lowest BCUT2D eigenvalue weighted by atomic mass is 10.2. The SMILES string of the molecule is CCN(CC)S(=O)(=O)c1cc(NC(=O)c2nc3nccc(C)n3n2)ccc1C. The lowest BCUT2D eigenvalue weighted by molar-refractivity contribution is 0.101. The Balaban J connectivity index is 1.92. The van der Waals surface area contributed by atoms with Gasteiger partial charge in [0.05, 0.1) is 4.90 Å². The summed E-state index contributed by atoms with van der Waals surface area (Å²) in [6, 6.07) is 6.52. The number of hydrogen-bond acceptors (Lipinski definition) is 6. The molecular formula is C18H22N6O3S. The van der Waals surface area contributed by atoms with Gasteiger partial charge in [-0.2, -0.15) is 9.29 Å². The largest absolute Gasteiger partial charge is 0.319 e. The maximum Gasteiger partial charge on any atom is 0.295 e. The second-order valence-electron chi connectivity index (χ2n) is 6.26. The van der Waals surface area contributed by atoms with Gasteiger partial charge in [0.25, 0.3) is 11.7 Å². The number of aromatic nitrogens is 4. The highest BCUT2D eigenvalue weighted by Crippen LogP contribution is 2.24. The topological polar surface area (TPSA) is 110 Å². The first-order valence-electron chi connectivity index (χ1n) is 8.88. The van der Waals surface area contributed by atoms with E-state index < -0.39 is 15.9 Å². The molecule has 1 aromatic carbocycles. The number of aryl methyl sites for hydroxylation is 2. The molecule has 1 N–H and O–H groups in total. The van der Waals surface area contributed by atoms with Crippen molar-refractivity contribution in [2.45, 2.75) is 32.6 Å². The van der Waals surface area contributed by atoms with E-state index >= 15 is 0 Å². The van der Waals surface area contributed by atoms with Crippen LogP contribution in [0.3, 0.4) is 0 Å². The molecule has 3 rings (SSSR count). The number of fused-ring (bicyclic) bond motifs is 1. The van der Waals surface area contributed by atoms with Gasteiger partial charge < -0.3 is 5.32 Å². The van der Waals surface area contributed by atoms with Crippen molar-refractivity contribution in [2.75, 3.05) is 18.4 Å².